The molecular formula is C28H34N2O3. The van der Waals surface area contributed by atoms with E-state index in [0.29, 0.717) is 12.5 Å². The fourth-order valence-corrected chi connectivity index (χ4v) is 6.85. The molecular weight excluding hydrogens is 412 g/mol. The van der Waals surface area contributed by atoms with Crippen LogP contribution in [0.4, 0.5) is 4.79 Å². The Morgan fingerprint density at radius 3 is 2.42 bits per heavy atom. The molecule has 5 aliphatic rings. The van der Waals surface area contributed by atoms with E-state index in [0.717, 1.165) is 63.9 Å². The van der Waals surface area contributed by atoms with Crippen molar-refractivity contribution in [3.05, 3.63) is 53.6 Å². The van der Waals surface area contributed by atoms with Crippen molar-refractivity contribution in [2.45, 2.75) is 57.5 Å². The Balaban J connectivity index is 1.35. The van der Waals surface area contributed by atoms with Crippen molar-refractivity contribution in [3.8, 4) is 16.9 Å². The number of benzene rings is 2. The molecule has 174 valence electrons. The molecule has 0 aromatic heterocycles. The quantitative estimate of drug-likeness (QED) is 0.650. The Kier molecular flexibility index (Phi) is 5.13. The van der Waals surface area contributed by atoms with Crippen molar-refractivity contribution < 1.29 is 14.6 Å². The number of carbonyl (C=O) groups is 1. The van der Waals surface area contributed by atoms with E-state index in [-0.39, 0.29) is 17.5 Å². The van der Waals surface area contributed by atoms with Gasteiger partial charge < -0.3 is 14.7 Å². The summed E-state index contributed by atoms with van der Waals surface area (Å²) < 4.78 is 5.59. The molecule has 1 spiro atoms. The lowest BCUT2D eigenvalue weighted by molar-refractivity contribution is -0.0243. The van der Waals surface area contributed by atoms with Gasteiger partial charge in [-0.1, -0.05) is 30.3 Å². The average Bonchev–Trinajstić information content (AvgIpc) is 3.62. The van der Waals surface area contributed by atoms with E-state index in [1.54, 1.807) is 0 Å². The molecule has 1 unspecified atom stereocenters. The number of ether oxygens (including phenoxy) is 1. The molecule has 3 aliphatic heterocycles. The third kappa shape index (κ3) is 3.61. The van der Waals surface area contributed by atoms with Crippen LogP contribution in [0.1, 0.15) is 56.2 Å². The van der Waals surface area contributed by atoms with Crippen molar-refractivity contribution in [2.24, 2.45) is 11.3 Å². The number of piperidine rings is 3. The number of hydrogen-bond donors (Lipinski definition) is 1. The SMILES string of the molecule is CCOc1ccc(-c2ccc3c(c2)CCC2(CC2)C3N(C(=O)O)[C@@H]2CN3CCC2CC3)cc1. The largest absolute Gasteiger partial charge is 0.494 e. The molecule has 1 amide bonds. The number of carboxylic acid groups (broad SMARTS) is 1. The maximum atomic E-state index is 12.8. The third-order valence-electron chi connectivity index (χ3n) is 8.78. The van der Waals surface area contributed by atoms with E-state index >= 15 is 0 Å². The molecule has 2 aliphatic carbocycles. The van der Waals surface area contributed by atoms with E-state index in [4.69, 9.17) is 4.74 Å². The summed E-state index contributed by atoms with van der Waals surface area (Å²) in [5, 5.41) is 10.5. The lowest BCUT2D eigenvalue weighted by atomic mass is 9.73. The number of amides is 1. The highest BCUT2D eigenvalue weighted by atomic mass is 16.5. The van der Waals surface area contributed by atoms with Crippen LogP contribution in [0.15, 0.2) is 42.5 Å². The maximum Gasteiger partial charge on any atom is 0.408 e. The fraction of sp³-hybridized carbons (Fsp3) is 0.536. The summed E-state index contributed by atoms with van der Waals surface area (Å²) >= 11 is 0. The van der Waals surface area contributed by atoms with Crippen molar-refractivity contribution in [2.75, 3.05) is 26.2 Å². The van der Waals surface area contributed by atoms with Gasteiger partial charge in [0.05, 0.1) is 18.7 Å². The van der Waals surface area contributed by atoms with E-state index in [9.17, 15) is 9.90 Å². The molecule has 0 radical (unpaired) electrons. The van der Waals surface area contributed by atoms with Gasteiger partial charge in [0.1, 0.15) is 5.75 Å². The molecule has 3 heterocycles. The Hall–Kier alpha value is -2.53. The molecule has 2 aromatic rings. The predicted octanol–water partition coefficient (Wildman–Crippen LogP) is 5.59. The van der Waals surface area contributed by atoms with Crippen molar-refractivity contribution in [1.29, 1.82) is 0 Å². The van der Waals surface area contributed by atoms with E-state index in [1.807, 2.05) is 24.0 Å². The molecule has 2 bridgehead atoms. The molecule has 1 saturated carbocycles. The van der Waals surface area contributed by atoms with Gasteiger partial charge in [-0.2, -0.15) is 0 Å². The second kappa shape index (κ2) is 8.05. The molecule has 1 N–H and O–H groups in total. The molecule has 5 heteroatoms. The number of fused-ring (bicyclic) bond motifs is 4. The summed E-state index contributed by atoms with van der Waals surface area (Å²) in [6, 6.07) is 15.2. The standard InChI is InChI=1S/C28H34N2O3/c1-2-33-23-6-3-19(4-7-23)21-5-8-24-22(17-21)9-12-28(13-14-28)26(24)30(27(31)32)25-18-29-15-10-20(25)11-16-29/h3-8,17,20,25-26H,2,9-16,18H2,1H3,(H,31,32)/t25-,26?/m1/s1. The summed E-state index contributed by atoms with van der Waals surface area (Å²) in [6.07, 6.45) is 6.00. The van der Waals surface area contributed by atoms with Crippen molar-refractivity contribution in [3.63, 3.8) is 0 Å². The van der Waals surface area contributed by atoms with E-state index in [1.165, 1.54) is 22.3 Å². The molecule has 3 saturated heterocycles. The van der Waals surface area contributed by atoms with Crippen molar-refractivity contribution in [1.82, 2.24) is 9.80 Å². The molecule has 7 rings (SSSR count). The minimum Gasteiger partial charge on any atom is -0.494 e. The molecule has 4 fully saturated rings. The van der Waals surface area contributed by atoms with Gasteiger partial charge in [0.25, 0.3) is 0 Å². The summed E-state index contributed by atoms with van der Waals surface area (Å²) in [5.41, 5.74) is 5.12. The Morgan fingerprint density at radius 2 is 1.82 bits per heavy atom. The minimum atomic E-state index is -0.728. The normalized spacial score (nSPS) is 28.9. The van der Waals surface area contributed by atoms with Crippen LogP contribution in [0, 0.1) is 11.3 Å². The van der Waals surface area contributed by atoms with Crippen LogP contribution in [0.3, 0.4) is 0 Å². The highest BCUT2D eigenvalue weighted by Crippen LogP contribution is 2.63. The zero-order chi connectivity index (χ0) is 22.6. The first kappa shape index (κ1) is 21.0. The van der Waals surface area contributed by atoms with Gasteiger partial charge in [-0.15, -0.1) is 0 Å². The number of nitrogens with zero attached hydrogens (tertiary/aromatic N) is 2. The monoisotopic (exact) mass is 446 g/mol. The smallest absolute Gasteiger partial charge is 0.408 e. The Labute approximate surface area is 196 Å². The molecule has 2 atom stereocenters. The summed E-state index contributed by atoms with van der Waals surface area (Å²) in [5.74, 6) is 1.40. The Morgan fingerprint density at radius 1 is 1.09 bits per heavy atom. The molecule has 5 nitrogen and oxygen atoms in total. The summed E-state index contributed by atoms with van der Waals surface area (Å²) in [4.78, 5) is 17.2. The zero-order valence-corrected chi connectivity index (χ0v) is 19.5. The third-order valence-corrected chi connectivity index (χ3v) is 8.78. The fourth-order valence-electron chi connectivity index (χ4n) is 6.85. The van der Waals surface area contributed by atoms with Crippen LogP contribution in [0.2, 0.25) is 0 Å². The van der Waals surface area contributed by atoms with Crippen LogP contribution < -0.4 is 4.74 Å². The lowest BCUT2D eigenvalue weighted by Crippen LogP contribution is -2.60. The van der Waals surface area contributed by atoms with E-state index in [2.05, 4.69) is 35.2 Å². The van der Waals surface area contributed by atoms with Crippen LogP contribution in [-0.2, 0) is 6.42 Å². The molecule has 2 aromatic carbocycles. The predicted molar refractivity (Wildman–Crippen MR) is 129 cm³/mol. The van der Waals surface area contributed by atoms with Crippen LogP contribution in [-0.4, -0.2) is 53.3 Å². The van der Waals surface area contributed by atoms with Gasteiger partial charge in [0.15, 0.2) is 0 Å². The van der Waals surface area contributed by atoms with Gasteiger partial charge in [-0.25, -0.2) is 4.79 Å². The van der Waals surface area contributed by atoms with Crippen LogP contribution in [0.5, 0.6) is 5.75 Å². The highest BCUT2D eigenvalue weighted by Gasteiger charge is 2.57. The minimum absolute atomic E-state index is 0.00122. The van der Waals surface area contributed by atoms with Crippen LogP contribution in [0.25, 0.3) is 11.1 Å². The topological polar surface area (TPSA) is 53.0 Å². The van der Waals surface area contributed by atoms with Crippen LogP contribution >= 0.6 is 0 Å². The molecule has 33 heavy (non-hydrogen) atoms. The highest BCUT2D eigenvalue weighted by molar-refractivity contribution is 5.69. The first-order chi connectivity index (χ1) is 16.1. The summed E-state index contributed by atoms with van der Waals surface area (Å²) in [7, 11) is 0. The number of hydrogen-bond acceptors (Lipinski definition) is 3. The maximum absolute atomic E-state index is 12.8. The second-order valence-electron chi connectivity index (χ2n) is 10.5. The van der Waals surface area contributed by atoms with E-state index < -0.39 is 6.09 Å². The lowest BCUT2D eigenvalue weighted by Gasteiger charge is -2.52. The number of rotatable bonds is 5. The second-order valence-corrected chi connectivity index (χ2v) is 10.5. The van der Waals surface area contributed by atoms with Gasteiger partial charge >= 0.3 is 6.09 Å². The Bertz CT molecular complexity index is 1040. The zero-order valence-electron chi connectivity index (χ0n) is 19.5. The first-order valence-corrected chi connectivity index (χ1v) is 12.7. The van der Waals surface area contributed by atoms with Crippen molar-refractivity contribution >= 4 is 6.09 Å². The summed E-state index contributed by atoms with van der Waals surface area (Å²) in [6.45, 7) is 5.83. The average molecular weight is 447 g/mol. The van der Waals surface area contributed by atoms with Gasteiger partial charge in [0.2, 0.25) is 0 Å². The van der Waals surface area contributed by atoms with Gasteiger partial charge in [-0.3, -0.25) is 4.90 Å². The van der Waals surface area contributed by atoms with Gasteiger partial charge in [0, 0.05) is 6.54 Å². The first-order valence-electron chi connectivity index (χ1n) is 12.7. The van der Waals surface area contributed by atoms with Gasteiger partial charge in [-0.05, 0) is 104 Å². The number of aryl methyl sites for hydroxylation is 1.